The predicted molar refractivity (Wildman–Crippen MR) is 120 cm³/mol. The lowest BCUT2D eigenvalue weighted by atomic mass is 10.1. The second-order valence-corrected chi connectivity index (χ2v) is 7.88. The van der Waals surface area contributed by atoms with Gasteiger partial charge in [-0.2, -0.15) is 11.8 Å². The maximum Gasteiger partial charge on any atom is 0.336 e. The van der Waals surface area contributed by atoms with Gasteiger partial charge >= 0.3 is 11.6 Å². The van der Waals surface area contributed by atoms with Gasteiger partial charge in [-0.15, -0.1) is 0 Å². The Morgan fingerprint density at radius 2 is 1.94 bits per heavy atom. The van der Waals surface area contributed by atoms with Crippen LogP contribution in [-0.4, -0.2) is 35.4 Å². The van der Waals surface area contributed by atoms with Crippen molar-refractivity contribution in [3.05, 3.63) is 76.1 Å². The van der Waals surface area contributed by atoms with E-state index < -0.39 is 23.5 Å². The highest BCUT2D eigenvalue weighted by Crippen LogP contribution is 2.23. The number of fused-ring (bicyclic) bond motifs is 1. The second-order valence-electron chi connectivity index (χ2n) is 6.85. The van der Waals surface area contributed by atoms with E-state index in [1.807, 2.05) is 37.3 Å². The monoisotopic (exact) mass is 441 g/mol. The smallest absolute Gasteiger partial charge is 0.336 e. The van der Waals surface area contributed by atoms with Crippen LogP contribution in [0.3, 0.4) is 0 Å². The molecule has 1 atom stereocenters. The molecule has 1 unspecified atom stereocenters. The van der Waals surface area contributed by atoms with Crippen LogP contribution in [0, 0.1) is 0 Å². The van der Waals surface area contributed by atoms with Gasteiger partial charge in [0.25, 0.3) is 5.91 Å². The first kappa shape index (κ1) is 22.4. The zero-order valence-corrected chi connectivity index (χ0v) is 17.8. The summed E-state index contributed by atoms with van der Waals surface area (Å²) < 4.78 is 10.7. The molecule has 3 rings (SSSR count). The molecule has 0 aliphatic rings. The van der Waals surface area contributed by atoms with Crippen molar-refractivity contribution < 1.29 is 23.8 Å². The molecule has 31 heavy (non-hydrogen) atoms. The summed E-state index contributed by atoms with van der Waals surface area (Å²) >= 11 is 1.43. The number of ether oxygens (including phenoxy) is 1. The SMILES string of the molecule is CCc1cc(=O)oc2cc(OCC(=O)NC(CSCc3ccccc3)C(=O)O)ccc12. The molecule has 3 aromatic rings. The van der Waals surface area contributed by atoms with E-state index >= 15 is 0 Å². The molecule has 0 saturated carbocycles. The van der Waals surface area contributed by atoms with Crippen molar-refractivity contribution in [2.45, 2.75) is 25.1 Å². The average molecular weight is 442 g/mol. The fourth-order valence-electron chi connectivity index (χ4n) is 3.02. The van der Waals surface area contributed by atoms with Gasteiger partial charge in [0.2, 0.25) is 0 Å². The zero-order chi connectivity index (χ0) is 22.2. The third-order valence-electron chi connectivity index (χ3n) is 4.58. The van der Waals surface area contributed by atoms with Gasteiger partial charge in [-0.1, -0.05) is 37.3 Å². The highest BCUT2D eigenvalue weighted by atomic mass is 32.2. The summed E-state index contributed by atoms with van der Waals surface area (Å²) in [5.41, 5.74) is 1.88. The Kier molecular flexibility index (Phi) is 7.72. The quantitative estimate of drug-likeness (QED) is 0.465. The van der Waals surface area contributed by atoms with Crippen LogP contribution >= 0.6 is 11.8 Å². The molecule has 1 amide bonds. The van der Waals surface area contributed by atoms with E-state index in [1.54, 1.807) is 18.2 Å². The number of hydrogen-bond donors (Lipinski definition) is 2. The van der Waals surface area contributed by atoms with E-state index in [1.165, 1.54) is 17.8 Å². The van der Waals surface area contributed by atoms with Crippen molar-refractivity contribution in [2.75, 3.05) is 12.4 Å². The summed E-state index contributed by atoms with van der Waals surface area (Å²) in [4.78, 5) is 35.4. The van der Waals surface area contributed by atoms with Crippen molar-refractivity contribution in [1.29, 1.82) is 0 Å². The second kappa shape index (κ2) is 10.7. The molecule has 1 heterocycles. The van der Waals surface area contributed by atoms with Crippen LogP contribution in [0.5, 0.6) is 5.75 Å². The van der Waals surface area contributed by atoms with Gasteiger partial charge < -0.3 is 19.6 Å². The zero-order valence-electron chi connectivity index (χ0n) is 17.0. The maximum atomic E-state index is 12.2. The Balaban J connectivity index is 1.55. The van der Waals surface area contributed by atoms with Gasteiger partial charge in [0.1, 0.15) is 17.4 Å². The number of nitrogens with one attached hydrogen (secondary N) is 1. The molecule has 162 valence electrons. The molecule has 0 aliphatic heterocycles. The van der Waals surface area contributed by atoms with Crippen molar-refractivity contribution in [3.8, 4) is 5.75 Å². The fourth-order valence-corrected chi connectivity index (χ4v) is 4.03. The number of thioether (sulfide) groups is 1. The first-order chi connectivity index (χ1) is 15.0. The Hall–Kier alpha value is -3.26. The Labute approximate surface area is 183 Å². The highest BCUT2D eigenvalue weighted by Gasteiger charge is 2.20. The number of benzene rings is 2. The molecule has 2 N–H and O–H groups in total. The number of aryl methyl sites for hydroxylation is 1. The van der Waals surface area contributed by atoms with E-state index in [2.05, 4.69) is 5.32 Å². The van der Waals surface area contributed by atoms with E-state index in [0.29, 0.717) is 23.5 Å². The molecular formula is C23H23NO6S. The van der Waals surface area contributed by atoms with Crippen LogP contribution in [0.15, 0.2) is 63.8 Å². The van der Waals surface area contributed by atoms with Crippen LogP contribution in [0.4, 0.5) is 0 Å². The first-order valence-electron chi connectivity index (χ1n) is 9.79. The van der Waals surface area contributed by atoms with Crippen LogP contribution in [0.1, 0.15) is 18.1 Å². The Morgan fingerprint density at radius 1 is 1.16 bits per heavy atom. The van der Waals surface area contributed by atoms with Gasteiger partial charge in [0, 0.05) is 29.0 Å². The van der Waals surface area contributed by atoms with Crippen molar-refractivity contribution >= 4 is 34.6 Å². The third-order valence-corrected chi connectivity index (χ3v) is 5.69. The lowest BCUT2D eigenvalue weighted by Crippen LogP contribution is -2.44. The molecule has 0 fully saturated rings. The topological polar surface area (TPSA) is 106 Å². The van der Waals surface area contributed by atoms with Crippen molar-refractivity contribution in [2.24, 2.45) is 0 Å². The molecule has 0 saturated heterocycles. The van der Waals surface area contributed by atoms with Gasteiger partial charge in [-0.05, 0) is 29.7 Å². The highest BCUT2D eigenvalue weighted by molar-refractivity contribution is 7.98. The first-order valence-corrected chi connectivity index (χ1v) is 10.9. The van der Waals surface area contributed by atoms with Gasteiger partial charge in [0.05, 0.1) is 0 Å². The average Bonchev–Trinajstić information content (AvgIpc) is 2.76. The maximum absolute atomic E-state index is 12.2. The summed E-state index contributed by atoms with van der Waals surface area (Å²) in [7, 11) is 0. The van der Waals surface area contributed by atoms with Crippen molar-refractivity contribution in [1.82, 2.24) is 5.32 Å². The Morgan fingerprint density at radius 3 is 2.65 bits per heavy atom. The van der Waals surface area contributed by atoms with E-state index in [9.17, 15) is 19.5 Å². The van der Waals surface area contributed by atoms with Gasteiger partial charge in [-0.3, -0.25) is 4.79 Å². The molecule has 0 bridgehead atoms. The molecule has 8 heteroatoms. The lowest BCUT2D eigenvalue weighted by Gasteiger charge is -2.15. The minimum absolute atomic E-state index is 0.233. The van der Waals surface area contributed by atoms with Crippen LogP contribution in [0.25, 0.3) is 11.0 Å². The summed E-state index contributed by atoms with van der Waals surface area (Å²) in [6.07, 6.45) is 0.684. The number of carbonyl (C=O) groups excluding carboxylic acids is 1. The minimum atomic E-state index is -1.10. The molecule has 0 spiro atoms. The summed E-state index contributed by atoms with van der Waals surface area (Å²) in [5.74, 6) is -0.412. The number of carbonyl (C=O) groups is 2. The molecule has 2 aromatic carbocycles. The van der Waals surface area contributed by atoms with Gasteiger partial charge in [-0.25, -0.2) is 9.59 Å². The minimum Gasteiger partial charge on any atom is -0.484 e. The van der Waals surface area contributed by atoms with Crippen molar-refractivity contribution in [3.63, 3.8) is 0 Å². The molecule has 7 nitrogen and oxygen atoms in total. The fraction of sp³-hybridized carbons (Fsp3) is 0.261. The molecular weight excluding hydrogens is 418 g/mol. The number of hydrogen-bond acceptors (Lipinski definition) is 6. The van der Waals surface area contributed by atoms with E-state index in [0.717, 1.165) is 16.5 Å². The number of rotatable bonds is 10. The summed E-state index contributed by atoms with van der Waals surface area (Å²) in [5, 5.41) is 12.7. The molecule has 0 aliphatic carbocycles. The van der Waals surface area contributed by atoms with E-state index in [-0.39, 0.29) is 12.4 Å². The predicted octanol–water partition coefficient (Wildman–Crippen LogP) is 3.24. The summed E-state index contributed by atoms with van der Waals surface area (Å²) in [6.45, 7) is 1.59. The normalized spacial score (nSPS) is 11.8. The summed E-state index contributed by atoms with van der Waals surface area (Å²) in [6, 6.07) is 15.1. The number of carboxylic acid groups (broad SMARTS) is 1. The number of carboxylic acids is 1. The van der Waals surface area contributed by atoms with E-state index in [4.69, 9.17) is 9.15 Å². The van der Waals surface area contributed by atoms with Gasteiger partial charge in [0.15, 0.2) is 6.61 Å². The number of aliphatic carboxylic acids is 1. The third kappa shape index (κ3) is 6.36. The van der Waals surface area contributed by atoms with Crippen LogP contribution in [-0.2, 0) is 21.8 Å². The number of amides is 1. The lowest BCUT2D eigenvalue weighted by molar-refractivity contribution is -0.141. The van der Waals surface area contributed by atoms with Crippen LogP contribution in [0.2, 0.25) is 0 Å². The molecule has 0 radical (unpaired) electrons. The largest absolute Gasteiger partial charge is 0.484 e. The Bertz CT molecular complexity index is 1110. The standard InChI is InChI=1S/C23H23NO6S/c1-2-16-10-22(26)30-20-11-17(8-9-18(16)20)29-12-21(25)24-19(23(27)28)14-31-13-15-6-4-3-5-7-15/h3-11,19H,2,12-14H2,1H3,(H,24,25)(H,27,28). The molecule has 1 aromatic heterocycles. The van der Waals surface area contributed by atoms with Crippen LogP contribution < -0.4 is 15.7 Å².